The first-order valence-corrected chi connectivity index (χ1v) is 7.84. The Labute approximate surface area is 131 Å². The van der Waals surface area contributed by atoms with Crippen molar-refractivity contribution in [3.63, 3.8) is 0 Å². The molecule has 0 N–H and O–H groups in total. The van der Waals surface area contributed by atoms with Crippen LogP contribution in [-0.4, -0.2) is 30.0 Å². The zero-order chi connectivity index (χ0) is 15.2. The van der Waals surface area contributed by atoms with Gasteiger partial charge < -0.3 is 9.64 Å². The first kappa shape index (κ1) is 14.6. The molecule has 3 rings (SSSR count). The summed E-state index contributed by atoms with van der Waals surface area (Å²) < 4.78 is 5.59. The topological polar surface area (TPSA) is 29.5 Å². The number of hydrogen-bond acceptors (Lipinski definition) is 2. The Kier molecular flexibility index (Phi) is 4.74. The fraction of sp³-hybridized carbons (Fsp3) is 0.316. The maximum Gasteiger partial charge on any atom is 0.260 e. The molecular weight excluding hydrogens is 274 g/mol. The molecule has 1 atom stereocenters. The van der Waals surface area contributed by atoms with E-state index in [4.69, 9.17) is 4.74 Å². The predicted octanol–water partition coefficient (Wildman–Crippen LogP) is 3.30. The first-order chi connectivity index (χ1) is 10.8. The zero-order valence-corrected chi connectivity index (χ0v) is 12.7. The van der Waals surface area contributed by atoms with E-state index in [1.54, 1.807) is 0 Å². The summed E-state index contributed by atoms with van der Waals surface area (Å²) in [4.78, 5) is 14.4. The number of carbonyl (C=O) groups is 1. The third-order valence-corrected chi connectivity index (χ3v) is 4.12. The lowest BCUT2D eigenvalue weighted by molar-refractivity contribution is -0.134. The molecule has 22 heavy (non-hydrogen) atoms. The monoisotopic (exact) mass is 295 g/mol. The molecule has 0 radical (unpaired) electrons. The van der Waals surface area contributed by atoms with Crippen molar-refractivity contribution in [3.05, 3.63) is 66.2 Å². The van der Waals surface area contributed by atoms with E-state index in [1.807, 2.05) is 41.3 Å². The van der Waals surface area contributed by atoms with Gasteiger partial charge in [-0.05, 0) is 37.0 Å². The number of amides is 1. The Morgan fingerprint density at radius 2 is 1.73 bits per heavy atom. The lowest BCUT2D eigenvalue weighted by Gasteiger charge is -2.25. The van der Waals surface area contributed by atoms with Crippen LogP contribution < -0.4 is 4.74 Å². The van der Waals surface area contributed by atoms with Crippen LogP contribution in [0.2, 0.25) is 0 Å². The number of nitrogens with zero attached hydrogens (tertiary/aromatic N) is 1. The Bertz CT molecular complexity index is 597. The first-order valence-electron chi connectivity index (χ1n) is 7.84. The molecule has 1 unspecified atom stereocenters. The molecule has 0 spiro atoms. The number of carbonyl (C=O) groups excluding carboxylic acids is 1. The van der Waals surface area contributed by atoms with Gasteiger partial charge in [-0.25, -0.2) is 0 Å². The minimum atomic E-state index is 0.0854. The molecule has 1 heterocycles. The highest BCUT2D eigenvalue weighted by Crippen LogP contribution is 2.21. The van der Waals surface area contributed by atoms with E-state index in [9.17, 15) is 4.79 Å². The number of likely N-dealkylation sites (tertiary alicyclic amines) is 1. The second-order valence-corrected chi connectivity index (χ2v) is 5.67. The molecule has 1 aliphatic rings. The standard InChI is InChI=1S/C19H21NO2/c21-19(15-22-18-11-5-2-6-12-18)20-13-7-10-17(20)14-16-8-3-1-4-9-16/h1-6,8-9,11-12,17H,7,10,13-15H2. The summed E-state index contributed by atoms with van der Waals surface area (Å²) in [6.07, 6.45) is 3.08. The lowest BCUT2D eigenvalue weighted by Crippen LogP contribution is -2.39. The molecule has 114 valence electrons. The maximum absolute atomic E-state index is 12.4. The van der Waals surface area contributed by atoms with Crippen LogP contribution in [0.15, 0.2) is 60.7 Å². The number of para-hydroxylation sites is 1. The van der Waals surface area contributed by atoms with E-state index in [-0.39, 0.29) is 12.5 Å². The highest BCUT2D eigenvalue weighted by atomic mass is 16.5. The molecule has 0 saturated carbocycles. The van der Waals surface area contributed by atoms with Crippen LogP contribution in [0.5, 0.6) is 5.75 Å². The van der Waals surface area contributed by atoms with Crippen LogP contribution in [0.4, 0.5) is 0 Å². The molecule has 1 saturated heterocycles. The van der Waals surface area contributed by atoms with Crippen LogP contribution in [-0.2, 0) is 11.2 Å². The van der Waals surface area contributed by atoms with E-state index in [0.29, 0.717) is 6.04 Å². The van der Waals surface area contributed by atoms with Crippen molar-refractivity contribution in [3.8, 4) is 5.75 Å². The van der Waals surface area contributed by atoms with E-state index < -0.39 is 0 Å². The Morgan fingerprint density at radius 1 is 1.05 bits per heavy atom. The second-order valence-electron chi connectivity index (χ2n) is 5.67. The van der Waals surface area contributed by atoms with Crippen molar-refractivity contribution < 1.29 is 9.53 Å². The fourth-order valence-electron chi connectivity index (χ4n) is 3.01. The van der Waals surface area contributed by atoms with Gasteiger partial charge in [-0.2, -0.15) is 0 Å². The van der Waals surface area contributed by atoms with Gasteiger partial charge in [0.15, 0.2) is 6.61 Å². The molecule has 0 aromatic heterocycles. The molecule has 2 aromatic rings. The van der Waals surface area contributed by atoms with Gasteiger partial charge in [0.25, 0.3) is 5.91 Å². The summed E-state index contributed by atoms with van der Waals surface area (Å²) in [5, 5.41) is 0. The summed E-state index contributed by atoms with van der Waals surface area (Å²) in [7, 11) is 0. The minimum absolute atomic E-state index is 0.0854. The molecule has 0 bridgehead atoms. The summed E-state index contributed by atoms with van der Waals surface area (Å²) in [6.45, 7) is 0.962. The summed E-state index contributed by atoms with van der Waals surface area (Å²) >= 11 is 0. The highest BCUT2D eigenvalue weighted by molar-refractivity contribution is 5.78. The molecule has 3 nitrogen and oxygen atoms in total. The van der Waals surface area contributed by atoms with Crippen LogP contribution >= 0.6 is 0 Å². The highest BCUT2D eigenvalue weighted by Gasteiger charge is 2.28. The quantitative estimate of drug-likeness (QED) is 0.847. The van der Waals surface area contributed by atoms with Crippen molar-refractivity contribution in [1.82, 2.24) is 4.90 Å². The van der Waals surface area contributed by atoms with E-state index >= 15 is 0 Å². The Morgan fingerprint density at radius 3 is 2.45 bits per heavy atom. The summed E-state index contributed by atoms with van der Waals surface area (Å²) in [6, 6.07) is 20.2. The molecule has 0 aliphatic carbocycles. The minimum Gasteiger partial charge on any atom is -0.484 e. The van der Waals surface area contributed by atoms with Crippen LogP contribution in [0.3, 0.4) is 0 Å². The van der Waals surface area contributed by atoms with Gasteiger partial charge >= 0.3 is 0 Å². The Hall–Kier alpha value is -2.29. The van der Waals surface area contributed by atoms with Crippen molar-refractivity contribution >= 4 is 5.91 Å². The van der Waals surface area contributed by atoms with Crippen LogP contribution in [0.25, 0.3) is 0 Å². The van der Waals surface area contributed by atoms with Crippen molar-refractivity contribution in [2.45, 2.75) is 25.3 Å². The van der Waals surface area contributed by atoms with Crippen molar-refractivity contribution in [2.75, 3.05) is 13.2 Å². The van der Waals surface area contributed by atoms with Gasteiger partial charge in [-0.3, -0.25) is 4.79 Å². The van der Waals surface area contributed by atoms with Gasteiger partial charge in [0, 0.05) is 12.6 Å². The third-order valence-electron chi connectivity index (χ3n) is 4.12. The van der Waals surface area contributed by atoms with Gasteiger partial charge in [-0.1, -0.05) is 48.5 Å². The molecular formula is C19H21NO2. The SMILES string of the molecule is O=C(COc1ccccc1)N1CCCC1Cc1ccccc1. The third kappa shape index (κ3) is 3.67. The van der Waals surface area contributed by atoms with E-state index in [0.717, 1.165) is 31.6 Å². The second kappa shape index (κ2) is 7.12. The number of hydrogen-bond donors (Lipinski definition) is 0. The molecule has 1 aliphatic heterocycles. The van der Waals surface area contributed by atoms with E-state index in [2.05, 4.69) is 24.3 Å². The van der Waals surface area contributed by atoms with Crippen LogP contribution in [0, 0.1) is 0 Å². The smallest absolute Gasteiger partial charge is 0.260 e. The molecule has 3 heteroatoms. The Balaban J connectivity index is 1.57. The van der Waals surface area contributed by atoms with Gasteiger partial charge in [0.05, 0.1) is 0 Å². The predicted molar refractivity (Wildman–Crippen MR) is 86.8 cm³/mol. The maximum atomic E-state index is 12.4. The fourth-order valence-corrected chi connectivity index (χ4v) is 3.01. The van der Waals surface area contributed by atoms with E-state index in [1.165, 1.54) is 5.56 Å². The number of benzene rings is 2. The van der Waals surface area contributed by atoms with Crippen molar-refractivity contribution in [2.24, 2.45) is 0 Å². The van der Waals surface area contributed by atoms with Crippen LogP contribution in [0.1, 0.15) is 18.4 Å². The van der Waals surface area contributed by atoms with Gasteiger partial charge in [-0.15, -0.1) is 0 Å². The average Bonchev–Trinajstić information content (AvgIpc) is 3.03. The summed E-state index contributed by atoms with van der Waals surface area (Å²) in [5.41, 5.74) is 1.29. The largest absolute Gasteiger partial charge is 0.484 e. The molecule has 2 aromatic carbocycles. The molecule has 1 fully saturated rings. The summed E-state index contributed by atoms with van der Waals surface area (Å²) in [5.74, 6) is 0.831. The molecule has 1 amide bonds. The number of ether oxygens (including phenoxy) is 1. The zero-order valence-electron chi connectivity index (χ0n) is 12.7. The lowest BCUT2D eigenvalue weighted by atomic mass is 10.0. The average molecular weight is 295 g/mol. The number of rotatable bonds is 5. The van der Waals surface area contributed by atoms with Gasteiger partial charge in [0.2, 0.25) is 0 Å². The normalized spacial score (nSPS) is 17.5. The van der Waals surface area contributed by atoms with Gasteiger partial charge in [0.1, 0.15) is 5.75 Å². The van der Waals surface area contributed by atoms with Crippen molar-refractivity contribution in [1.29, 1.82) is 0 Å².